The molecule has 4 aromatic rings. The average molecular weight is 561 g/mol. The lowest BCUT2D eigenvalue weighted by atomic mass is 10.2. The van der Waals surface area contributed by atoms with E-state index in [0.717, 1.165) is 19.4 Å². The van der Waals surface area contributed by atoms with Crippen molar-refractivity contribution in [2.75, 3.05) is 42.9 Å². The Hall–Kier alpha value is -3.96. The fourth-order valence-corrected chi connectivity index (χ4v) is 4.95. The number of nitrogens with one attached hydrogen (secondary N) is 2. The largest absolute Gasteiger partial charge is 0.457 e. The molecule has 206 valence electrons. The van der Waals surface area contributed by atoms with E-state index in [4.69, 9.17) is 31.0 Å². The quantitative estimate of drug-likeness (QED) is 0.285. The Labute approximate surface area is 236 Å². The molecule has 2 aliphatic rings. The lowest BCUT2D eigenvalue weighted by Crippen LogP contribution is -2.45. The van der Waals surface area contributed by atoms with Gasteiger partial charge in [-0.15, -0.1) is 0 Å². The van der Waals surface area contributed by atoms with E-state index in [1.807, 2.05) is 59.5 Å². The summed E-state index contributed by atoms with van der Waals surface area (Å²) in [5, 5.41) is 18.4. The minimum atomic E-state index is -0.140. The molecule has 1 aromatic heterocycles. The van der Waals surface area contributed by atoms with Gasteiger partial charge < -0.3 is 30.2 Å². The molecule has 1 amide bonds. The third kappa shape index (κ3) is 6.10. The highest BCUT2D eigenvalue weighted by Gasteiger charge is 2.22. The highest BCUT2D eigenvalue weighted by Crippen LogP contribution is 2.34. The Kier molecular flexibility index (Phi) is 7.65. The molecule has 10 nitrogen and oxygen atoms in total. The number of carbonyl (C=O) groups excluding carboxylic acids is 1. The van der Waals surface area contributed by atoms with Crippen LogP contribution in [0, 0.1) is 0 Å². The van der Waals surface area contributed by atoms with Crippen LogP contribution in [0.4, 0.5) is 11.6 Å². The second kappa shape index (κ2) is 11.6. The van der Waals surface area contributed by atoms with Gasteiger partial charge in [0.15, 0.2) is 0 Å². The summed E-state index contributed by atoms with van der Waals surface area (Å²) < 4.78 is 12.3. The van der Waals surface area contributed by atoms with E-state index in [9.17, 15) is 10.0 Å². The Morgan fingerprint density at radius 3 is 2.48 bits per heavy atom. The van der Waals surface area contributed by atoms with E-state index in [1.165, 1.54) is 5.06 Å². The van der Waals surface area contributed by atoms with Gasteiger partial charge >= 0.3 is 0 Å². The molecule has 0 radical (unpaired) electrons. The average Bonchev–Trinajstić information content (AvgIpc) is 3.50. The van der Waals surface area contributed by atoms with E-state index in [0.29, 0.717) is 76.9 Å². The summed E-state index contributed by atoms with van der Waals surface area (Å²) in [6.07, 6.45) is 1.86. The molecule has 3 heterocycles. The summed E-state index contributed by atoms with van der Waals surface area (Å²) in [5.41, 5.74) is 1.41. The maximum absolute atomic E-state index is 12.4. The summed E-state index contributed by atoms with van der Waals surface area (Å²) in [5.74, 6) is 2.63. The maximum atomic E-state index is 12.4. The van der Waals surface area contributed by atoms with Crippen LogP contribution in [-0.4, -0.2) is 64.9 Å². The number of aromatic nitrogens is 2. The number of hydrogen-bond donors (Lipinski definition) is 3. The number of piperazine rings is 1. The predicted octanol–water partition coefficient (Wildman–Crippen LogP) is 5.07. The first-order valence-electron chi connectivity index (χ1n) is 13.3. The van der Waals surface area contributed by atoms with Crippen LogP contribution in [0.2, 0.25) is 5.02 Å². The minimum Gasteiger partial charge on any atom is -0.457 e. The van der Waals surface area contributed by atoms with Crippen molar-refractivity contribution in [1.82, 2.24) is 20.3 Å². The van der Waals surface area contributed by atoms with Crippen molar-refractivity contribution >= 4 is 40.0 Å². The van der Waals surface area contributed by atoms with Crippen LogP contribution in [0.25, 0.3) is 10.9 Å². The lowest BCUT2D eigenvalue weighted by Gasteiger charge is -2.31. The molecule has 40 heavy (non-hydrogen) atoms. The summed E-state index contributed by atoms with van der Waals surface area (Å²) in [4.78, 5) is 23.9. The second-order valence-electron chi connectivity index (χ2n) is 9.77. The predicted molar refractivity (Wildman–Crippen MR) is 153 cm³/mol. The lowest BCUT2D eigenvalue weighted by molar-refractivity contribution is -0.117. The number of halogens is 1. The van der Waals surface area contributed by atoms with Crippen molar-refractivity contribution in [3.8, 4) is 23.1 Å². The van der Waals surface area contributed by atoms with E-state index < -0.39 is 0 Å². The first-order chi connectivity index (χ1) is 19.5. The van der Waals surface area contributed by atoms with Crippen molar-refractivity contribution in [2.45, 2.75) is 18.9 Å². The van der Waals surface area contributed by atoms with Crippen molar-refractivity contribution in [3.05, 3.63) is 71.8 Å². The molecule has 0 saturated carbocycles. The van der Waals surface area contributed by atoms with Gasteiger partial charge in [-0.05, 0) is 80.1 Å². The molecule has 0 spiro atoms. The molecule has 0 aliphatic carbocycles. The summed E-state index contributed by atoms with van der Waals surface area (Å²) in [6, 6.07) is 19.8. The van der Waals surface area contributed by atoms with Gasteiger partial charge in [0.1, 0.15) is 17.2 Å². The number of carbonyl (C=O) groups is 1. The second-order valence-corrected chi connectivity index (χ2v) is 10.2. The van der Waals surface area contributed by atoms with Crippen LogP contribution in [0.3, 0.4) is 0 Å². The number of hydrogen-bond acceptors (Lipinski definition) is 9. The normalized spacial score (nSPS) is 17.6. The first-order valence-corrected chi connectivity index (χ1v) is 13.6. The van der Waals surface area contributed by atoms with Crippen molar-refractivity contribution in [3.63, 3.8) is 0 Å². The molecule has 1 atom stereocenters. The number of nitrogens with zero attached hydrogens (tertiary/aromatic N) is 4. The molecule has 0 bridgehead atoms. The van der Waals surface area contributed by atoms with Crippen LogP contribution in [0.5, 0.6) is 23.1 Å². The topological polar surface area (TPSA) is 112 Å². The number of hydroxylamine groups is 2. The van der Waals surface area contributed by atoms with Gasteiger partial charge in [-0.3, -0.25) is 4.79 Å². The van der Waals surface area contributed by atoms with Gasteiger partial charge in [0, 0.05) is 36.9 Å². The summed E-state index contributed by atoms with van der Waals surface area (Å²) in [6.45, 7) is 3.05. The maximum Gasteiger partial charge on any atom is 0.241 e. The summed E-state index contributed by atoms with van der Waals surface area (Å²) in [7, 11) is 0. The first kappa shape index (κ1) is 26.3. The van der Waals surface area contributed by atoms with Gasteiger partial charge in [-0.25, -0.2) is 4.98 Å². The zero-order valence-electron chi connectivity index (χ0n) is 21.7. The number of amides is 1. The van der Waals surface area contributed by atoms with E-state index in [2.05, 4.69) is 10.6 Å². The third-order valence-electron chi connectivity index (χ3n) is 6.90. The molecule has 2 saturated heterocycles. The van der Waals surface area contributed by atoms with Crippen LogP contribution in [-0.2, 0) is 4.79 Å². The van der Waals surface area contributed by atoms with Crippen LogP contribution in [0.1, 0.15) is 12.8 Å². The molecular weight excluding hydrogens is 532 g/mol. The molecule has 0 unspecified atom stereocenters. The van der Waals surface area contributed by atoms with E-state index in [-0.39, 0.29) is 11.9 Å². The van der Waals surface area contributed by atoms with Crippen molar-refractivity contribution in [1.29, 1.82) is 0 Å². The zero-order valence-corrected chi connectivity index (χ0v) is 22.5. The third-order valence-corrected chi connectivity index (χ3v) is 7.14. The van der Waals surface area contributed by atoms with Gasteiger partial charge in [-0.1, -0.05) is 17.7 Å². The standard InChI is InChI=1S/C29H29ClN6O4/c30-19-3-1-4-22(17-19)40-28-24-18-23(10-11-25(24)33-29(34-28)35-13-15-36(38)16-14-35)39-21-8-6-20(7-9-21)32-27(37)26-5-2-12-31-26/h1,3-4,6-11,17-18,26,31,38H,2,5,12-16H2,(H,32,37)/t26-/m0/s1. The molecular formula is C29H29ClN6O4. The Bertz CT molecular complexity index is 1500. The van der Waals surface area contributed by atoms with Gasteiger partial charge in [-0.2, -0.15) is 10.0 Å². The van der Waals surface area contributed by atoms with E-state index >= 15 is 0 Å². The molecule has 6 rings (SSSR count). The zero-order chi connectivity index (χ0) is 27.5. The van der Waals surface area contributed by atoms with Crippen LogP contribution in [0.15, 0.2) is 66.7 Å². The van der Waals surface area contributed by atoms with Crippen molar-refractivity contribution in [2.24, 2.45) is 0 Å². The molecule has 3 N–H and O–H groups in total. The monoisotopic (exact) mass is 560 g/mol. The molecule has 2 aliphatic heterocycles. The Morgan fingerprint density at radius 1 is 0.950 bits per heavy atom. The van der Waals surface area contributed by atoms with E-state index in [1.54, 1.807) is 12.1 Å². The molecule has 2 fully saturated rings. The highest BCUT2D eigenvalue weighted by atomic mass is 35.5. The van der Waals surface area contributed by atoms with Gasteiger partial charge in [0.25, 0.3) is 0 Å². The Balaban J connectivity index is 1.25. The fourth-order valence-electron chi connectivity index (χ4n) is 4.77. The smallest absolute Gasteiger partial charge is 0.241 e. The number of fused-ring (bicyclic) bond motifs is 1. The van der Waals surface area contributed by atoms with Crippen LogP contribution < -0.4 is 25.0 Å². The number of ether oxygens (including phenoxy) is 2. The number of rotatable bonds is 7. The SMILES string of the molecule is O=C(Nc1ccc(Oc2ccc3nc(N4CCN(O)CC4)nc(Oc4cccc(Cl)c4)c3c2)cc1)[C@@H]1CCCN1. The summed E-state index contributed by atoms with van der Waals surface area (Å²) >= 11 is 6.19. The molecule has 11 heteroatoms. The van der Waals surface area contributed by atoms with Crippen molar-refractivity contribution < 1.29 is 19.5 Å². The fraction of sp³-hybridized carbons (Fsp3) is 0.276. The number of anilines is 2. The minimum absolute atomic E-state index is 0.0226. The van der Waals surface area contributed by atoms with Gasteiger partial charge in [0.05, 0.1) is 16.9 Å². The van der Waals surface area contributed by atoms with Gasteiger partial charge in [0.2, 0.25) is 17.7 Å². The molecule has 3 aromatic carbocycles. The highest BCUT2D eigenvalue weighted by molar-refractivity contribution is 6.30. The Morgan fingerprint density at radius 2 is 1.73 bits per heavy atom. The number of benzene rings is 3. The van der Waals surface area contributed by atoms with Crippen LogP contribution >= 0.6 is 11.6 Å².